The zero-order valence-corrected chi connectivity index (χ0v) is 14.8. The van der Waals surface area contributed by atoms with E-state index in [1.54, 1.807) is 7.05 Å². The lowest BCUT2D eigenvalue weighted by atomic mass is 10.0. The Kier molecular flexibility index (Phi) is 6.67. The first-order chi connectivity index (χ1) is 10.5. The van der Waals surface area contributed by atoms with Gasteiger partial charge in [0.15, 0.2) is 0 Å². The highest BCUT2D eigenvalue weighted by atomic mass is 35.5. The molecule has 0 heterocycles. The smallest absolute Gasteiger partial charge is 0.270 e. The third-order valence-corrected chi connectivity index (χ3v) is 4.79. The van der Waals surface area contributed by atoms with Gasteiger partial charge in [-0.2, -0.15) is 0 Å². The first kappa shape index (κ1) is 19.5. The summed E-state index contributed by atoms with van der Waals surface area (Å²) in [6.45, 7) is 2.26. The molecule has 0 bridgehead atoms. The number of nitro benzene ring substituents is 1. The Balaban J connectivity index is 2.73. The average molecular weight is 362 g/mol. The second-order valence-electron chi connectivity index (χ2n) is 5.56. The Hall–Kier alpha value is -1.51. The molecular formula is C14H20ClN3O4S. The van der Waals surface area contributed by atoms with Gasteiger partial charge in [-0.1, -0.05) is 11.6 Å². The molecule has 0 fully saturated rings. The molecule has 0 aliphatic rings. The molecule has 0 saturated carbocycles. The number of hydrogen-bond donors (Lipinski definition) is 1. The van der Waals surface area contributed by atoms with E-state index in [0.29, 0.717) is 18.5 Å². The summed E-state index contributed by atoms with van der Waals surface area (Å²) in [5.41, 5.74) is 0.578. The second-order valence-corrected chi connectivity index (χ2v) is 8.23. The van der Waals surface area contributed by atoms with Gasteiger partial charge in [0.25, 0.3) is 5.69 Å². The molecule has 1 aromatic rings. The predicted molar refractivity (Wildman–Crippen MR) is 91.4 cm³/mol. The predicted octanol–water partition coefficient (Wildman–Crippen LogP) is 2.37. The molecular weight excluding hydrogens is 342 g/mol. The number of nitrogens with zero attached hydrogens (tertiary/aromatic N) is 2. The number of nitro groups is 1. The van der Waals surface area contributed by atoms with Gasteiger partial charge in [-0.05, 0) is 20.0 Å². The molecule has 0 unspecified atom stereocenters. The molecule has 0 spiro atoms. The van der Waals surface area contributed by atoms with Crippen LogP contribution in [0, 0.1) is 15.5 Å². The maximum absolute atomic E-state index is 11.2. The van der Waals surface area contributed by atoms with E-state index >= 15 is 0 Å². The van der Waals surface area contributed by atoms with E-state index in [-0.39, 0.29) is 28.2 Å². The van der Waals surface area contributed by atoms with E-state index in [2.05, 4.69) is 0 Å². The zero-order valence-electron chi connectivity index (χ0n) is 13.2. The number of halogens is 1. The van der Waals surface area contributed by atoms with Crippen molar-refractivity contribution in [3.8, 4) is 0 Å². The van der Waals surface area contributed by atoms with Gasteiger partial charge in [-0.25, -0.2) is 8.42 Å². The topological polar surface area (TPSA) is 104 Å². The van der Waals surface area contributed by atoms with Crippen LogP contribution in [0.2, 0.25) is 5.02 Å². The molecule has 128 valence electrons. The fourth-order valence-corrected chi connectivity index (χ4v) is 2.86. The number of benzene rings is 1. The van der Waals surface area contributed by atoms with Crippen LogP contribution >= 0.6 is 11.6 Å². The summed E-state index contributed by atoms with van der Waals surface area (Å²) in [7, 11) is -1.24. The fraction of sp³-hybridized carbons (Fsp3) is 0.500. The Labute approximate surface area is 140 Å². The summed E-state index contributed by atoms with van der Waals surface area (Å²) < 4.78 is 22.4. The molecule has 0 aliphatic heterocycles. The van der Waals surface area contributed by atoms with Crippen molar-refractivity contribution in [3.05, 3.63) is 38.9 Å². The van der Waals surface area contributed by atoms with Crippen molar-refractivity contribution in [2.24, 2.45) is 0 Å². The van der Waals surface area contributed by atoms with Crippen molar-refractivity contribution in [2.75, 3.05) is 25.6 Å². The largest absolute Gasteiger partial charge is 0.305 e. The zero-order chi connectivity index (χ0) is 17.8. The Morgan fingerprint density at radius 1 is 1.48 bits per heavy atom. The van der Waals surface area contributed by atoms with E-state index in [0.717, 1.165) is 0 Å². The summed E-state index contributed by atoms with van der Waals surface area (Å²) in [6, 6.07) is 3.94. The summed E-state index contributed by atoms with van der Waals surface area (Å²) in [6.07, 6.45) is 1.54. The molecule has 1 rings (SSSR count). The standard InChI is InChI=1S/C14H20ClN3O4S/c1-10(17(2)6-7-23(3,21)22)8-14(16)12-5-4-11(18(19)20)9-13(12)15/h4-5,9-10,16H,6-8H2,1-3H3/t10-/m1/s1. The highest BCUT2D eigenvalue weighted by Gasteiger charge is 2.17. The minimum Gasteiger partial charge on any atom is -0.305 e. The molecule has 1 atom stereocenters. The molecule has 7 nitrogen and oxygen atoms in total. The second kappa shape index (κ2) is 7.85. The SMILES string of the molecule is C[C@H](CC(=N)c1ccc([N+](=O)[O-])cc1Cl)N(C)CCS(C)(=O)=O. The van der Waals surface area contributed by atoms with Crippen LogP contribution in [0.25, 0.3) is 0 Å². The van der Waals surface area contributed by atoms with Crippen LogP contribution in [0.1, 0.15) is 18.9 Å². The van der Waals surface area contributed by atoms with Crippen LogP contribution in [-0.2, 0) is 9.84 Å². The first-order valence-corrected chi connectivity index (χ1v) is 9.35. The summed E-state index contributed by atoms with van der Waals surface area (Å²) in [5, 5.41) is 19.0. The third kappa shape index (κ3) is 6.25. The lowest BCUT2D eigenvalue weighted by molar-refractivity contribution is -0.384. The molecule has 0 aliphatic carbocycles. The minimum atomic E-state index is -3.03. The number of rotatable bonds is 8. The average Bonchev–Trinajstić information content (AvgIpc) is 2.43. The van der Waals surface area contributed by atoms with E-state index < -0.39 is 14.8 Å². The Bertz CT molecular complexity index is 706. The minimum absolute atomic E-state index is 0.0550. The molecule has 1 N–H and O–H groups in total. The van der Waals surface area contributed by atoms with E-state index in [4.69, 9.17) is 17.0 Å². The molecule has 9 heteroatoms. The van der Waals surface area contributed by atoms with Gasteiger partial charge in [-0.15, -0.1) is 0 Å². The highest BCUT2D eigenvalue weighted by molar-refractivity contribution is 7.90. The third-order valence-electron chi connectivity index (χ3n) is 3.56. The highest BCUT2D eigenvalue weighted by Crippen LogP contribution is 2.24. The Morgan fingerprint density at radius 2 is 2.09 bits per heavy atom. The van der Waals surface area contributed by atoms with Gasteiger partial charge in [-0.3, -0.25) is 10.1 Å². The van der Waals surface area contributed by atoms with Crippen molar-refractivity contribution >= 4 is 32.8 Å². The normalized spacial score (nSPS) is 13.1. The lowest BCUT2D eigenvalue weighted by Gasteiger charge is -2.24. The van der Waals surface area contributed by atoms with Gasteiger partial charge >= 0.3 is 0 Å². The number of non-ortho nitro benzene ring substituents is 1. The van der Waals surface area contributed by atoms with Crippen molar-refractivity contribution in [1.82, 2.24) is 4.90 Å². The monoisotopic (exact) mass is 361 g/mol. The number of nitrogens with one attached hydrogen (secondary N) is 1. The summed E-state index contributed by atoms with van der Waals surface area (Å²) in [4.78, 5) is 12.0. The van der Waals surface area contributed by atoms with E-state index in [9.17, 15) is 18.5 Å². The lowest BCUT2D eigenvalue weighted by Crippen LogP contribution is -2.34. The molecule has 23 heavy (non-hydrogen) atoms. The van der Waals surface area contributed by atoms with Crippen molar-refractivity contribution in [1.29, 1.82) is 5.41 Å². The van der Waals surface area contributed by atoms with Crippen molar-refractivity contribution < 1.29 is 13.3 Å². The molecule has 0 amide bonds. The number of hydrogen-bond acceptors (Lipinski definition) is 6. The molecule has 0 aromatic heterocycles. The molecule has 0 radical (unpaired) electrons. The Morgan fingerprint density at radius 3 is 2.57 bits per heavy atom. The van der Waals surface area contributed by atoms with Gasteiger partial charge in [0.05, 0.1) is 15.7 Å². The van der Waals surface area contributed by atoms with Crippen LogP contribution in [-0.4, -0.2) is 55.6 Å². The van der Waals surface area contributed by atoms with Gasteiger partial charge in [0, 0.05) is 48.7 Å². The van der Waals surface area contributed by atoms with E-state index in [1.165, 1.54) is 24.5 Å². The van der Waals surface area contributed by atoms with Crippen LogP contribution in [0.3, 0.4) is 0 Å². The van der Waals surface area contributed by atoms with Crippen molar-refractivity contribution in [3.63, 3.8) is 0 Å². The summed E-state index contributed by atoms with van der Waals surface area (Å²) in [5.74, 6) is 0.0550. The van der Waals surface area contributed by atoms with Gasteiger partial charge in [0.2, 0.25) is 0 Å². The van der Waals surface area contributed by atoms with Crippen molar-refractivity contribution in [2.45, 2.75) is 19.4 Å². The van der Waals surface area contributed by atoms with Crippen LogP contribution < -0.4 is 0 Å². The maximum Gasteiger partial charge on any atom is 0.270 e. The summed E-state index contributed by atoms with van der Waals surface area (Å²) >= 11 is 6.01. The fourth-order valence-electron chi connectivity index (χ4n) is 1.95. The van der Waals surface area contributed by atoms with Crippen LogP contribution in [0.4, 0.5) is 5.69 Å². The quantitative estimate of drug-likeness (QED) is 0.435. The first-order valence-electron chi connectivity index (χ1n) is 6.91. The molecule has 0 saturated heterocycles. The van der Waals surface area contributed by atoms with Crippen LogP contribution in [0.5, 0.6) is 0 Å². The van der Waals surface area contributed by atoms with Gasteiger partial charge < -0.3 is 10.3 Å². The number of sulfone groups is 1. The van der Waals surface area contributed by atoms with E-state index in [1.807, 2.05) is 11.8 Å². The molecule has 1 aromatic carbocycles. The maximum atomic E-state index is 11.2. The van der Waals surface area contributed by atoms with Gasteiger partial charge in [0.1, 0.15) is 9.84 Å². The van der Waals surface area contributed by atoms with Crippen LogP contribution in [0.15, 0.2) is 18.2 Å².